The summed E-state index contributed by atoms with van der Waals surface area (Å²) in [5.74, 6) is -0.633. The van der Waals surface area contributed by atoms with Crippen molar-refractivity contribution in [1.29, 1.82) is 0 Å². The second-order valence-corrected chi connectivity index (χ2v) is 4.77. The highest BCUT2D eigenvalue weighted by Crippen LogP contribution is 2.21. The Bertz CT molecular complexity index is 713. The minimum absolute atomic E-state index is 0.0714. The van der Waals surface area contributed by atoms with E-state index in [0.717, 1.165) is 5.56 Å². The monoisotopic (exact) mass is 304 g/mol. The number of hydrogen-bond donors (Lipinski definition) is 1. The van der Waals surface area contributed by atoms with Gasteiger partial charge in [-0.15, -0.1) is 0 Å². The highest BCUT2D eigenvalue weighted by Gasteiger charge is 2.17. The molecule has 2 rings (SSSR count). The minimum atomic E-state index is -0.675. The van der Waals surface area contributed by atoms with Gasteiger partial charge in [-0.1, -0.05) is 6.07 Å². The first-order valence-corrected chi connectivity index (χ1v) is 6.56. The summed E-state index contributed by atoms with van der Waals surface area (Å²) in [7, 11) is 1.27. The molecule has 1 heterocycles. The lowest BCUT2D eigenvalue weighted by molar-refractivity contribution is 0.0440. The molecule has 0 aliphatic heterocycles. The van der Waals surface area contributed by atoms with Crippen molar-refractivity contribution in [3.63, 3.8) is 0 Å². The summed E-state index contributed by atoms with van der Waals surface area (Å²) >= 11 is 0. The Kier molecular flexibility index (Phi) is 4.50. The third kappa shape index (κ3) is 3.28. The molecule has 6 nitrogen and oxygen atoms in total. The number of benzene rings is 1. The number of phenolic OH excluding ortho intramolecular Hbond substituents is 1. The summed E-state index contributed by atoms with van der Waals surface area (Å²) in [5.41, 5.74) is 1.19. The highest BCUT2D eigenvalue weighted by molar-refractivity contribution is 5.92. The summed E-state index contributed by atoms with van der Waals surface area (Å²) in [6, 6.07) is 6.12. The van der Waals surface area contributed by atoms with Crippen LogP contribution in [0.15, 0.2) is 28.7 Å². The zero-order chi connectivity index (χ0) is 16.3. The van der Waals surface area contributed by atoms with Gasteiger partial charge in [-0.3, -0.25) is 0 Å². The fourth-order valence-corrected chi connectivity index (χ4v) is 1.96. The second kappa shape index (κ2) is 6.34. The van der Waals surface area contributed by atoms with E-state index in [2.05, 4.69) is 4.74 Å². The summed E-state index contributed by atoms with van der Waals surface area (Å²) in [6.45, 7) is 3.27. The maximum Gasteiger partial charge on any atom is 0.342 e. The van der Waals surface area contributed by atoms with E-state index in [-0.39, 0.29) is 23.5 Å². The Balaban J connectivity index is 2.07. The Morgan fingerprint density at radius 3 is 2.50 bits per heavy atom. The van der Waals surface area contributed by atoms with Gasteiger partial charge in [0.1, 0.15) is 35.0 Å². The van der Waals surface area contributed by atoms with E-state index < -0.39 is 11.9 Å². The van der Waals surface area contributed by atoms with E-state index in [1.54, 1.807) is 19.9 Å². The average molecular weight is 304 g/mol. The molecule has 2 aromatic rings. The first-order chi connectivity index (χ1) is 10.4. The topological polar surface area (TPSA) is 86.0 Å². The molecule has 0 aliphatic carbocycles. The smallest absolute Gasteiger partial charge is 0.342 e. The molecule has 22 heavy (non-hydrogen) atoms. The van der Waals surface area contributed by atoms with E-state index in [9.17, 15) is 14.7 Å². The van der Waals surface area contributed by atoms with Gasteiger partial charge in [0.15, 0.2) is 0 Å². The number of aryl methyl sites for hydroxylation is 2. The fraction of sp³-hybridized carbons (Fsp3) is 0.250. The van der Waals surface area contributed by atoms with Crippen molar-refractivity contribution in [2.24, 2.45) is 0 Å². The van der Waals surface area contributed by atoms with Crippen LogP contribution in [0.2, 0.25) is 0 Å². The van der Waals surface area contributed by atoms with Gasteiger partial charge in [0, 0.05) is 0 Å². The van der Waals surface area contributed by atoms with Crippen LogP contribution in [0.4, 0.5) is 0 Å². The third-order valence-electron chi connectivity index (χ3n) is 3.09. The molecule has 0 aliphatic rings. The molecular weight excluding hydrogens is 288 g/mol. The molecule has 0 spiro atoms. The molecule has 0 fully saturated rings. The molecule has 1 aromatic heterocycles. The first kappa shape index (κ1) is 15.6. The van der Waals surface area contributed by atoms with E-state index in [4.69, 9.17) is 9.15 Å². The number of methoxy groups -OCH3 is 1. The van der Waals surface area contributed by atoms with E-state index in [0.29, 0.717) is 11.5 Å². The van der Waals surface area contributed by atoms with E-state index in [1.165, 1.54) is 25.3 Å². The number of phenols is 1. The van der Waals surface area contributed by atoms with Gasteiger partial charge < -0.3 is 19.0 Å². The maximum absolute atomic E-state index is 11.9. The highest BCUT2D eigenvalue weighted by atomic mass is 16.5. The van der Waals surface area contributed by atoms with Gasteiger partial charge in [-0.05, 0) is 37.6 Å². The van der Waals surface area contributed by atoms with Crippen LogP contribution in [0.5, 0.6) is 5.75 Å². The molecule has 1 N–H and O–H groups in total. The number of ether oxygens (including phenoxy) is 2. The Hall–Kier alpha value is -2.76. The molecule has 1 aromatic carbocycles. The Morgan fingerprint density at radius 2 is 1.86 bits per heavy atom. The van der Waals surface area contributed by atoms with Crippen LogP contribution in [0, 0.1) is 13.8 Å². The second-order valence-electron chi connectivity index (χ2n) is 4.77. The number of hydrogen-bond acceptors (Lipinski definition) is 6. The van der Waals surface area contributed by atoms with Crippen LogP contribution in [-0.2, 0) is 16.1 Å². The van der Waals surface area contributed by atoms with Gasteiger partial charge >= 0.3 is 11.9 Å². The average Bonchev–Trinajstić information content (AvgIpc) is 2.85. The normalized spacial score (nSPS) is 10.3. The quantitative estimate of drug-likeness (QED) is 0.874. The summed E-state index contributed by atoms with van der Waals surface area (Å²) < 4.78 is 15.0. The SMILES string of the molecule is COC(=O)c1cc(COC(=O)c2ccc(C)cc2O)oc1C. The fourth-order valence-electron chi connectivity index (χ4n) is 1.96. The molecule has 6 heteroatoms. The van der Waals surface area contributed by atoms with E-state index in [1.807, 2.05) is 0 Å². The molecule has 0 radical (unpaired) electrons. The van der Waals surface area contributed by atoms with Gasteiger partial charge in [0.25, 0.3) is 0 Å². The van der Waals surface area contributed by atoms with Crippen molar-refractivity contribution in [2.75, 3.05) is 7.11 Å². The molecule has 0 saturated heterocycles. The first-order valence-electron chi connectivity index (χ1n) is 6.56. The number of furan rings is 1. The van der Waals surface area contributed by atoms with Crippen molar-refractivity contribution in [3.8, 4) is 5.75 Å². The van der Waals surface area contributed by atoms with Crippen LogP contribution >= 0.6 is 0 Å². The van der Waals surface area contributed by atoms with Crippen molar-refractivity contribution >= 4 is 11.9 Å². The van der Waals surface area contributed by atoms with Crippen LogP contribution in [0.25, 0.3) is 0 Å². The number of aromatic hydroxyl groups is 1. The van der Waals surface area contributed by atoms with Crippen molar-refractivity contribution < 1.29 is 28.6 Å². The zero-order valence-corrected chi connectivity index (χ0v) is 12.5. The summed E-state index contributed by atoms with van der Waals surface area (Å²) in [4.78, 5) is 23.4. The van der Waals surface area contributed by atoms with Crippen LogP contribution in [0.1, 0.15) is 37.8 Å². The van der Waals surface area contributed by atoms with Crippen LogP contribution < -0.4 is 0 Å². The number of esters is 2. The molecule has 0 unspecified atom stereocenters. The van der Waals surface area contributed by atoms with Gasteiger partial charge in [0.2, 0.25) is 0 Å². The lowest BCUT2D eigenvalue weighted by Gasteiger charge is -2.05. The predicted molar refractivity (Wildman–Crippen MR) is 76.7 cm³/mol. The standard InChI is InChI=1S/C16H16O6/c1-9-4-5-12(14(17)6-9)16(19)21-8-11-7-13(10(2)22-11)15(18)20-3/h4-7,17H,8H2,1-3H3. The molecule has 0 atom stereocenters. The van der Waals surface area contributed by atoms with Gasteiger partial charge in [-0.2, -0.15) is 0 Å². The Labute approximate surface area is 127 Å². The largest absolute Gasteiger partial charge is 0.507 e. The minimum Gasteiger partial charge on any atom is -0.507 e. The maximum atomic E-state index is 11.9. The van der Waals surface area contributed by atoms with Crippen LogP contribution in [0.3, 0.4) is 0 Å². The molecule has 0 amide bonds. The lowest BCUT2D eigenvalue weighted by atomic mass is 10.1. The zero-order valence-electron chi connectivity index (χ0n) is 12.5. The van der Waals surface area contributed by atoms with Crippen molar-refractivity contribution in [1.82, 2.24) is 0 Å². The number of rotatable bonds is 4. The third-order valence-corrected chi connectivity index (χ3v) is 3.09. The van der Waals surface area contributed by atoms with Crippen LogP contribution in [-0.4, -0.2) is 24.2 Å². The van der Waals surface area contributed by atoms with Crippen molar-refractivity contribution in [2.45, 2.75) is 20.5 Å². The Morgan fingerprint density at radius 1 is 1.14 bits per heavy atom. The van der Waals surface area contributed by atoms with E-state index >= 15 is 0 Å². The summed E-state index contributed by atoms with van der Waals surface area (Å²) in [6.07, 6.45) is 0. The number of carbonyl (C=O) groups excluding carboxylic acids is 2. The molecular formula is C16H16O6. The van der Waals surface area contributed by atoms with Gasteiger partial charge in [-0.25, -0.2) is 9.59 Å². The lowest BCUT2D eigenvalue weighted by Crippen LogP contribution is -2.05. The summed E-state index contributed by atoms with van der Waals surface area (Å²) in [5, 5.41) is 9.73. The van der Waals surface area contributed by atoms with Crippen molar-refractivity contribution in [3.05, 3.63) is 52.5 Å². The molecule has 0 saturated carbocycles. The predicted octanol–water partition coefficient (Wildman–Crippen LogP) is 2.75. The number of carbonyl (C=O) groups is 2. The van der Waals surface area contributed by atoms with Gasteiger partial charge in [0.05, 0.1) is 7.11 Å². The molecule has 116 valence electrons. The molecule has 0 bridgehead atoms.